The number of hydrogen-bond acceptors (Lipinski definition) is 3. The molecule has 0 unspecified atom stereocenters. The van der Waals surface area contributed by atoms with Gasteiger partial charge in [0, 0.05) is 30.1 Å². The van der Waals surface area contributed by atoms with E-state index < -0.39 is 0 Å². The molecule has 96 valence electrons. The molecule has 0 amide bonds. The molecule has 1 N–H and O–H groups in total. The minimum absolute atomic E-state index is 0.676. The molecule has 1 heterocycles. The molecule has 0 aromatic carbocycles. The number of rotatable bonds is 7. The van der Waals surface area contributed by atoms with Crippen molar-refractivity contribution in [3.05, 3.63) is 23.5 Å². The topological polar surface area (TPSA) is 34.2 Å². The van der Waals surface area contributed by atoms with Crippen LogP contribution < -0.4 is 10.1 Å². The van der Waals surface area contributed by atoms with E-state index >= 15 is 0 Å². The third kappa shape index (κ3) is 5.18. The van der Waals surface area contributed by atoms with E-state index in [-0.39, 0.29) is 0 Å². The SMILES string of the molecule is CCNCc1cnc(C)cc1OCCC(C)C. The van der Waals surface area contributed by atoms with E-state index in [2.05, 4.69) is 31.1 Å². The van der Waals surface area contributed by atoms with Gasteiger partial charge in [-0.15, -0.1) is 0 Å². The van der Waals surface area contributed by atoms with Crippen LogP contribution in [-0.2, 0) is 6.54 Å². The molecule has 0 saturated carbocycles. The van der Waals surface area contributed by atoms with E-state index in [1.54, 1.807) is 0 Å². The van der Waals surface area contributed by atoms with Crippen LogP contribution in [0.5, 0.6) is 5.75 Å². The van der Waals surface area contributed by atoms with Crippen molar-refractivity contribution in [2.45, 2.75) is 40.7 Å². The second-order valence-electron chi connectivity index (χ2n) is 4.74. The van der Waals surface area contributed by atoms with Crippen molar-refractivity contribution in [1.82, 2.24) is 10.3 Å². The Labute approximate surface area is 105 Å². The summed E-state index contributed by atoms with van der Waals surface area (Å²) in [6.45, 7) is 11.1. The third-order valence-electron chi connectivity index (χ3n) is 2.60. The lowest BCUT2D eigenvalue weighted by atomic mass is 10.1. The third-order valence-corrected chi connectivity index (χ3v) is 2.60. The fourth-order valence-corrected chi connectivity index (χ4v) is 1.49. The number of aryl methyl sites for hydroxylation is 1. The van der Waals surface area contributed by atoms with Gasteiger partial charge in [-0.3, -0.25) is 4.98 Å². The summed E-state index contributed by atoms with van der Waals surface area (Å²) in [5.74, 6) is 1.65. The van der Waals surface area contributed by atoms with E-state index in [0.717, 1.165) is 43.1 Å². The van der Waals surface area contributed by atoms with Gasteiger partial charge in [0.1, 0.15) is 5.75 Å². The largest absolute Gasteiger partial charge is 0.493 e. The summed E-state index contributed by atoms with van der Waals surface area (Å²) in [4.78, 5) is 4.32. The molecule has 3 heteroatoms. The molecule has 1 rings (SSSR count). The predicted molar refractivity (Wildman–Crippen MR) is 71.3 cm³/mol. The van der Waals surface area contributed by atoms with Gasteiger partial charge in [-0.25, -0.2) is 0 Å². The first-order valence-electron chi connectivity index (χ1n) is 6.42. The maximum atomic E-state index is 5.85. The highest BCUT2D eigenvalue weighted by atomic mass is 16.5. The van der Waals surface area contributed by atoms with Crippen molar-refractivity contribution in [2.24, 2.45) is 5.92 Å². The van der Waals surface area contributed by atoms with Crippen LogP contribution >= 0.6 is 0 Å². The molecule has 0 fully saturated rings. The molecule has 0 bridgehead atoms. The maximum absolute atomic E-state index is 5.85. The van der Waals surface area contributed by atoms with Gasteiger partial charge in [-0.2, -0.15) is 0 Å². The van der Waals surface area contributed by atoms with Gasteiger partial charge in [0.25, 0.3) is 0 Å². The van der Waals surface area contributed by atoms with Gasteiger partial charge < -0.3 is 10.1 Å². The van der Waals surface area contributed by atoms with Gasteiger partial charge in [-0.05, 0) is 25.8 Å². The lowest BCUT2D eigenvalue weighted by molar-refractivity contribution is 0.286. The van der Waals surface area contributed by atoms with Gasteiger partial charge in [0.2, 0.25) is 0 Å². The number of ether oxygens (including phenoxy) is 1. The highest BCUT2D eigenvalue weighted by molar-refractivity contribution is 5.32. The van der Waals surface area contributed by atoms with Crippen molar-refractivity contribution in [3.8, 4) is 5.75 Å². The highest BCUT2D eigenvalue weighted by Gasteiger charge is 2.05. The van der Waals surface area contributed by atoms with Crippen LogP contribution in [0.3, 0.4) is 0 Å². The summed E-state index contributed by atoms with van der Waals surface area (Å²) in [7, 11) is 0. The number of nitrogens with zero attached hydrogens (tertiary/aromatic N) is 1. The minimum atomic E-state index is 0.676. The number of pyridine rings is 1. The van der Waals surface area contributed by atoms with Crippen LogP contribution in [0, 0.1) is 12.8 Å². The van der Waals surface area contributed by atoms with E-state index in [1.807, 2.05) is 19.2 Å². The van der Waals surface area contributed by atoms with Gasteiger partial charge >= 0.3 is 0 Å². The van der Waals surface area contributed by atoms with E-state index in [0.29, 0.717) is 5.92 Å². The second kappa shape index (κ2) is 7.28. The zero-order chi connectivity index (χ0) is 12.7. The number of aromatic nitrogens is 1. The zero-order valence-corrected chi connectivity index (χ0v) is 11.4. The molecule has 1 aromatic heterocycles. The van der Waals surface area contributed by atoms with Gasteiger partial charge in [0.15, 0.2) is 0 Å². The predicted octanol–water partition coefficient (Wildman–Crippen LogP) is 2.92. The lowest BCUT2D eigenvalue weighted by Crippen LogP contribution is -2.14. The fourth-order valence-electron chi connectivity index (χ4n) is 1.49. The first kappa shape index (κ1) is 14.0. The van der Waals surface area contributed by atoms with Crippen molar-refractivity contribution < 1.29 is 4.74 Å². The summed E-state index contributed by atoms with van der Waals surface area (Å²) in [5, 5.41) is 3.30. The van der Waals surface area contributed by atoms with E-state index in [4.69, 9.17) is 4.74 Å². The standard InChI is InChI=1S/C14H24N2O/c1-5-15-9-13-10-16-12(4)8-14(13)17-7-6-11(2)3/h8,10-11,15H,5-7,9H2,1-4H3. The fraction of sp³-hybridized carbons (Fsp3) is 0.643. The smallest absolute Gasteiger partial charge is 0.127 e. The van der Waals surface area contributed by atoms with Crippen LogP contribution in [0.2, 0.25) is 0 Å². The Hall–Kier alpha value is -1.09. The Kier molecular flexibility index (Phi) is 5.98. The normalized spacial score (nSPS) is 10.9. The van der Waals surface area contributed by atoms with Crippen LogP contribution in [-0.4, -0.2) is 18.1 Å². The first-order valence-corrected chi connectivity index (χ1v) is 6.42. The summed E-state index contributed by atoms with van der Waals surface area (Å²) in [5.41, 5.74) is 2.14. The maximum Gasteiger partial charge on any atom is 0.127 e. The van der Waals surface area contributed by atoms with E-state index in [1.165, 1.54) is 0 Å². The molecule has 0 atom stereocenters. The van der Waals surface area contributed by atoms with Crippen molar-refractivity contribution >= 4 is 0 Å². The van der Waals surface area contributed by atoms with Crippen molar-refractivity contribution in [2.75, 3.05) is 13.2 Å². The number of hydrogen-bond donors (Lipinski definition) is 1. The van der Waals surface area contributed by atoms with Crippen molar-refractivity contribution in [1.29, 1.82) is 0 Å². The zero-order valence-electron chi connectivity index (χ0n) is 11.4. The summed E-state index contributed by atoms with van der Waals surface area (Å²) in [6.07, 6.45) is 2.99. The molecule has 1 aromatic rings. The van der Waals surface area contributed by atoms with Gasteiger partial charge in [-0.1, -0.05) is 20.8 Å². The van der Waals surface area contributed by atoms with Crippen LogP contribution in [0.15, 0.2) is 12.3 Å². The molecule has 17 heavy (non-hydrogen) atoms. The monoisotopic (exact) mass is 236 g/mol. The Bertz CT molecular complexity index is 337. The Balaban J connectivity index is 2.62. The minimum Gasteiger partial charge on any atom is -0.493 e. The highest BCUT2D eigenvalue weighted by Crippen LogP contribution is 2.19. The van der Waals surface area contributed by atoms with E-state index in [9.17, 15) is 0 Å². The summed E-state index contributed by atoms with van der Waals surface area (Å²) < 4.78 is 5.85. The van der Waals surface area contributed by atoms with Crippen LogP contribution in [0.25, 0.3) is 0 Å². The molecule has 3 nitrogen and oxygen atoms in total. The average Bonchev–Trinajstić information content (AvgIpc) is 2.27. The van der Waals surface area contributed by atoms with Crippen LogP contribution in [0.1, 0.15) is 38.4 Å². The Morgan fingerprint density at radius 2 is 2.18 bits per heavy atom. The Morgan fingerprint density at radius 3 is 2.82 bits per heavy atom. The second-order valence-corrected chi connectivity index (χ2v) is 4.74. The molecule has 0 aliphatic carbocycles. The molecule has 0 aliphatic rings. The first-order chi connectivity index (χ1) is 8.13. The van der Waals surface area contributed by atoms with Crippen molar-refractivity contribution in [3.63, 3.8) is 0 Å². The molecule has 0 aliphatic heterocycles. The molecule has 0 spiro atoms. The molecular weight excluding hydrogens is 212 g/mol. The summed E-state index contributed by atoms with van der Waals surface area (Å²) >= 11 is 0. The average molecular weight is 236 g/mol. The molecular formula is C14H24N2O. The number of nitrogens with one attached hydrogen (secondary N) is 1. The summed E-state index contributed by atoms with van der Waals surface area (Å²) in [6, 6.07) is 2.02. The molecule has 0 radical (unpaired) electrons. The van der Waals surface area contributed by atoms with Gasteiger partial charge in [0.05, 0.1) is 6.61 Å². The lowest BCUT2D eigenvalue weighted by Gasteiger charge is -2.13. The Morgan fingerprint density at radius 1 is 1.41 bits per heavy atom. The molecule has 0 saturated heterocycles. The quantitative estimate of drug-likeness (QED) is 0.790. The van der Waals surface area contributed by atoms with Crippen LogP contribution in [0.4, 0.5) is 0 Å².